The van der Waals surface area contributed by atoms with Gasteiger partial charge in [0, 0.05) is 6.92 Å². The van der Waals surface area contributed by atoms with E-state index in [4.69, 9.17) is 4.55 Å². The molecule has 0 saturated heterocycles. The number of hydrogen-bond acceptors (Lipinski definition) is 3. The van der Waals surface area contributed by atoms with Crippen LogP contribution in [-0.2, 0) is 14.9 Å². The molecule has 6 heteroatoms. The van der Waals surface area contributed by atoms with E-state index in [9.17, 15) is 13.2 Å². The van der Waals surface area contributed by atoms with Crippen LogP contribution in [-0.4, -0.2) is 18.9 Å². The maximum absolute atomic E-state index is 11.0. The number of hydrogen-bond donors (Lipinski definition) is 2. The molecule has 5 nitrogen and oxygen atoms in total. The van der Waals surface area contributed by atoms with Crippen LogP contribution in [0.1, 0.15) is 12.5 Å². The van der Waals surface area contributed by atoms with E-state index in [0.29, 0.717) is 5.56 Å². The monoisotopic (exact) mass is 229 g/mol. The Morgan fingerprint density at radius 3 is 2.47 bits per heavy atom. The van der Waals surface area contributed by atoms with Crippen LogP contribution in [0, 0.1) is 6.92 Å². The SMILES string of the molecule is CC(=O)Nc1c(C)cccc1S(=O)(=O)O. The molecular formula is C9H11NO4S. The van der Waals surface area contributed by atoms with E-state index >= 15 is 0 Å². The number of aryl methyl sites for hydroxylation is 1. The fraction of sp³-hybridized carbons (Fsp3) is 0.222. The van der Waals surface area contributed by atoms with Crippen LogP contribution < -0.4 is 5.32 Å². The zero-order valence-corrected chi connectivity index (χ0v) is 9.13. The Labute approximate surface area is 87.9 Å². The van der Waals surface area contributed by atoms with Gasteiger partial charge in [-0.3, -0.25) is 9.35 Å². The largest absolute Gasteiger partial charge is 0.325 e. The third kappa shape index (κ3) is 2.77. The molecule has 15 heavy (non-hydrogen) atoms. The Morgan fingerprint density at radius 2 is 2.00 bits per heavy atom. The summed E-state index contributed by atoms with van der Waals surface area (Å²) in [6.45, 7) is 2.90. The van der Waals surface area contributed by atoms with Gasteiger partial charge in [0.1, 0.15) is 4.90 Å². The molecule has 0 heterocycles. The molecule has 0 atom stereocenters. The van der Waals surface area contributed by atoms with Crippen molar-refractivity contribution in [2.45, 2.75) is 18.7 Å². The van der Waals surface area contributed by atoms with Gasteiger partial charge in [-0.05, 0) is 18.6 Å². The normalized spacial score (nSPS) is 11.1. The highest BCUT2D eigenvalue weighted by Gasteiger charge is 2.17. The van der Waals surface area contributed by atoms with Crippen molar-refractivity contribution >= 4 is 21.7 Å². The average molecular weight is 229 g/mol. The minimum absolute atomic E-state index is 0.118. The molecule has 0 aliphatic carbocycles. The summed E-state index contributed by atoms with van der Waals surface area (Å²) in [5.41, 5.74) is 0.688. The van der Waals surface area contributed by atoms with E-state index < -0.39 is 16.0 Å². The Hall–Kier alpha value is -1.40. The third-order valence-electron chi connectivity index (χ3n) is 1.81. The van der Waals surface area contributed by atoms with Crippen molar-refractivity contribution in [2.24, 2.45) is 0 Å². The van der Waals surface area contributed by atoms with Crippen molar-refractivity contribution in [3.63, 3.8) is 0 Å². The molecule has 1 aromatic carbocycles. The molecule has 0 spiro atoms. The van der Waals surface area contributed by atoms with E-state index in [1.807, 2.05) is 0 Å². The molecule has 0 aliphatic heterocycles. The molecule has 0 aromatic heterocycles. The topological polar surface area (TPSA) is 83.5 Å². The van der Waals surface area contributed by atoms with Crippen LogP contribution in [0.3, 0.4) is 0 Å². The highest BCUT2D eigenvalue weighted by Crippen LogP contribution is 2.24. The van der Waals surface area contributed by atoms with Gasteiger partial charge in [0.2, 0.25) is 5.91 Å². The second kappa shape index (κ2) is 4.00. The van der Waals surface area contributed by atoms with E-state index in [1.54, 1.807) is 13.0 Å². The molecule has 0 aliphatic rings. The van der Waals surface area contributed by atoms with Crippen molar-refractivity contribution < 1.29 is 17.8 Å². The predicted molar refractivity (Wildman–Crippen MR) is 55.3 cm³/mol. The van der Waals surface area contributed by atoms with Crippen molar-refractivity contribution in [3.8, 4) is 0 Å². The highest BCUT2D eigenvalue weighted by atomic mass is 32.2. The molecule has 0 unspecified atom stereocenters. The lowest BCUT2D eigenvalue weighted by Crippen LogP contribution is -2.12. The smallest absolute Gasteiger partial charge is 0.296 e. The first-order valence-corrected chi connectivity index (χ1v) is 5.61. The van der Waals surface area contributed by atoms with Gasteiger partial charge in [-0.2, -0.15) is 8.42 Å². The number of benzene rings is 1. The van der Waals surface area contributed by atoms with Crippen LogP contribution in [0.2, 0.25) is 0 Å². The number of amides is 1. The maximum atomic E-state index is 11.0. The molecule has 82 valence electrons. The number of rotatable bonds is 2. The molecule has 1 rings (SSSR count). The zero-order valence-electron chi connectivity index (χ0n) is 8.31. The highest BCUT2D eigenvalue weighted by molar-refractivity contribution is 7.86. The average Bonchev–Trinajstić information content (AvgIpc) is 2.05. The second-order valence-electron chi connectivity index (χ2n) is 3.10. The van der Waals surface area contributed by atoms with Gasteiger partial charge in [-0.25, -0.2) is 0 Å². The lowest BCUT2D eigenvalue weighted by molar-refractivity contribution is -0.114. The zero-order chi connectivity index (χ0) is 11.6. The van der Waals surface area contributed by atoms with Crippen LogP contribution in [0.25, 0.3) is 0 Å². The van der Waals surface area contributed by atoms with Crippen LogP contribution in [0.5, 0.6) is 0 Å². The first-order valence-electron chi connectivity index (χ1n) is 4.17. The third-order valence-corrected chi connectivity index (χ3v) is 2.71. The lowest BCUT2D eigenvalue weighted by atomic mass is 10.2. The van der Waals surface area contributed by atoms with Crippen molar-refractivity contribution in [2.75, 3.05) is 5.32 Å². The molecule has 1 aromatic rings. The van der Waals surface area contributed by atoms with Gasteiger partial charge >= 0.3 is 0 Å². The molecular weight excluding hydrogens is 218 g/mol. The molecule has 2 N–H and O–H groups in total. The summed E-state index contributed by atoms with van der Waals surface area (Å²) in [6, 6.07) is 4.36. The van der Waals surface area contributed by atoms with E-state index in [0.717, 1.165) is 0 Å². The van der Waals surface area contributed by atoms with Crippen LogP contribution in [0.15, 0.2) is 23.1 Å². The number of carbonyl (C=O) groups is 1. The Bertz CT molecular complexity index is 493. The minimum atomic E-state index is -4.32. The van der Waals surface area contributed by atoms with Gasteiger partial charge in [0.15, 0.2) is 0 Å². The van der Waals surface area contributed by atoms with Crippen molar-refractivity contribution in [3.05, 3.63) is 23.8 Å². The Kier molecular flexibility index (Phi) is 3.11. The Balaban J connectivity index is 3.40. The first kappa shape index (κ1) is 11.7. The van der Waals surface area contributed by atoms with E-state index in [-0.39, 0.29) is 10.6 Å². The van der Waals surface area contributed by atoms with Gasteiger partial charge in [0.25, 0.3) is 10.1 Å². The van der Waals surface area contributed by atoms with E-state index in [1.165, 1.54) is 19.1 Å². The number of carbonyl (C=O) groups excluding carboxylic acids is 1. The summed E-state index contributed by atoms with van der Waals surface area (Å²) in [6.07, 6.45) is 0. The maximum Gasteiger partial charge on any atom is 0.296 e. The summed E-state index contributed by atoms with van der Waals surface area (Å²) >= 11 is 0. The second-order valence-corrected chi connectivity index (χ2v) is 4.49. The van der Waals surface area contributed by atoms with Crippen molar-refractivity contribution in [1.82, 2.24) is 0 Å². The molecule has 0 fully saturated rings. The minimum Gasteiger partial charge on any atom is -0.325 e. The number of anilines is 1. The lowest BCUT2D eigenvalue weighted by Gasteiger charge is -2.10. The molecule has 1 amide bonds. The summed E-state index contributed by atoms with van der Waals surface area (Å²) < 4.78 is 30.9. The van der Waals surface area contributed by atoms with Gasteiger partial charge in [0.05, 0.1) is 5.69 Å². The van der Waals surface area contributed by atoms with Gasteiger partial charge < -0.3 is 5.32 Å². The van der Waals surface area contributed by atoms with Crippen molar-refractivity contribution in [1.29, 1.82) is 0 Å². The predicted octanol–water partition coefficient (Wildman–Crippen LogP) is 1.20. The first-order chi connectivity index (χ1) is 6.82. The summed E-state index contributed by atoms with van der Waals surface area (Å²) in [7, 11) is -4.32. The molecule has 0 bridgehead atoms. The number of nitrogens with one attached hydrogen (secondary N) is 1. The quantitative estimate of drug-likeness (QED) is 0.746. The standard InChI is InChI=1S/C9H11NO4S/c1-6-4-3-5-8(15(12,13)14)9(6)10-7(2)11/h3-5H,1-2H3,(H,10,11)(H,12,13,14). The van der Waals surface area contributed by atoms with E-state index in [2.05, 4.69) is 5.32 Å². The molecule has 0 saturated carbocycles. The van der Waals surface area contributed by atoms with Gasteiger partial charge in [-0.1, -0.05) is 12.1 Å². The van der Waals surface area contributed by atoms with Gasteiger partial charge in [-0.15, -0.1) is 0 Å². The summed E-state index contributed by atoms with van der Waals surface area (Å²) in [4.78, 5) is 10.6. The molecule has 0 radical (unpaired) electrons. The number of para-hydroxylation sites is 1. The van der Waals surface area contributed by atoms with Crippen LogP contribution >= 0.6 is 0 Å². The summed E-state index contributed by atoms with van der Waals surface area (Å²) in [5, 5.41) is 2.37. The summed E-state index contributed by atoms with van der Waals surface area (Å²) in [5.74, 6) is -0.394. The fourth-order valence-corrected chi connectivity index (χ4v) is 1.91. The Morgan fingerprint density at radius 1 is 1.40 bits per heavy atom. The van der Waals surface area contributed by atoms with Crippen LogP contribution in [0.4, 0.5) is 5.69 Å². The fourth-order valence-electron chi connectivity index (χ4n) is 1.19.